The van der Waals surface area contributed by atoms with Crippen molar-refractivity contribution < 1.29 is 32.2 Å². The zero-order chi connectivity index (χ0) is 19.3. The molecule has 0 heterocycles. The summed E-state index contributed by atoms with van der Waals surface area (Å²) in [4.78, 5) is 12.2. The Kier molecular flexibility index (Phi) is 5.97. The van der Waals surface area contributed by atoms with Crippen molar-refractivity contribution in [1.29, 1.82) is 0 Å². The SMILES string of the molecule is COc1cc(CC(=O)Nc2ccccc2C(F)(F)F)cc(OC)c1OC. The van der Waals surface area contributed by atoms with Gasteiger partial charge in [0.25, 0.3) is 0 Å². The minimum absolute atomic E-state index is 0.164. The van der Waals surface area contributed by atoms with Crippen molar-refractivity contribution in [3.05, 3.63) is 47.5 Å². The van der Waals surface area contributed by atoms with Gasteiger partial charge in [0.05, 0.1) is 39.0 Å². The molecule has 26 heavy (non-hydrogen) atoms. The second-order valence-electron chi connectivity index (χ2n) is 5.30. The van der Waals surface area contributed by atoms with E-state index in [1.165, 1.54) is 39.5 Å². The van der Waals surface area contributed by atoms with Gasteiger partial charge in [-0.2, -0.15) is 13.2 Å². The smallest absolute Gasteiger partial charge is 0.418 e. The van der Waals surface area contributed by atoms with E-state index in [1.54, 1.807) is 12.1 Å². The molecule has 0 bridgehead atoms. The van der Waals surface area contributed by atoms with E-state index >= 15 is 0 Å². The molecule has 0 fully saturated rings. The van der Waals surface area contributed by atoms with E-state index in [2.05, 4.69) is 5.32 Å². The standard InChI is InChI=1S/C18H18F3NO4/c1-24-14-8-11(9-15(25-2)17(14)26-3)10-16(23)22-13-7-5-4-6-12(13)18(19,20)21/h4-9H,10H2,1-3H3,(H,22,23). The number of nitrogens with one attached hydrogen (secondary N) is 1. The Morgan fingerprint density at radius 2 is 1.58 bits per heavy atom. The molecule has 1 N–H and O–H groups in total. The van der Waals surface area contributed by atoms with Crippen LogP contribution in [0.15, 0.2) is 36.4 Å². The van der Waals surface area contributed by atoms with Gasteiger partial charge in [-0.25, -0.2) is 0 Å². The first-order valence-electron chi connectivity index (χ1n) is 7.55. The Hall–Kier alpha value is -2.90. The van der Waals surface area contributed by atoms with Crippen LogP contribution in [0.4, 0.5) is 18.9 Å². The van der Waals surface area contributed by atoms with Crippen LogP contribution < -0.4 is 19.5 Å². The average Bonchev–Trinajstić information content (AvgIpc) is 2.60. The zero-order valence-corrected chi connectivity index (χ0v) is 14.4. The maximum Gasteiger partial charge on any atom is 0.418 e. The lowest BCUT2D eigenvalue weighted by atomic mass is 10.1. The molecule has 0 atom stereocenters. The highest BCUT2D eigenvalue weighted by Gasteiger charge is 2.33. The maximum atomic E-state index is 13.0. The normalized spacial score (nSPS) is 11.0. The molecule has 8 heteroatoms. The highest BCUT2D eigenvalue weighted by Crippen LogP contribution is 2.38. The molecule has 1 amide bonds. The van der Waals surface area contributed by atoms with Crippen LogP contribution in [0.2, 0.25) is 0 Å². The Morgan fingerprint density at radius 3 is 2.08 bits per heavy atom. The van der Waals surface area contributed by atoms with Gasteiger partial charge in [0, 0.05) is 0 Å². The minimum atomic E-state index is -4.56. The van der Waals surface area contributed by atoms with Crippen molar-refractivity contribution in [3.8, 4) is 17.2 Å². The molecule has 0 aliphatic heterocycles. The third-order valence-electron chi connectivity index (χ3n) is 3.60. The van der Waals surface area contributed by atoms with Crippen LogP contribution in [-0.4, -0.2) is 27.2 Å². The average molecular weight is 369 g/mol. The fraction of sp³-hybridized carbons (Fsp3) is 0.278. The summed E-state index contributed by atoms with van der Waals surface area (Å²) in [5.41, 5.74) is -0.697. The number of benzene rings is 2. The number of anilines is 1. The predicted molar refractivity (Wildman–Crippen MR) is 89.9 cm³/mol. The van der Waals surface area contributed by atoms with E-state index in [4.69, 9.17) is 14.2 Å². The summed E-state index contributed by atoms with van der Waals surface area (Å²) in [6.07, 6.45) is -4.72. The number of halogens is 3. The van der Waals surface area contributed by atoms with E-state index in [9.17, 15) is 18.0 Å². The molecule has 0 radical (unpaired) electrons. The molecular weight excluding hydrogens is 351 g/mol. The molecule has 5 nitrogen and oxygen atoms in total. The minimum Gasteiger partial charge on any atom is -0.493 e. The van der Waals surface area contributed by atoms with Gasteiger partial charge in [-0.15, -0.1) is 0 Å². The van der Waals surface area contributed by atoms with Crippen LogP contribution in [0.1, 0.15) is 11.1 Å². The third-order valence-corrected chi connectivity index (χ3v) is 3.60. The van der Waals surface area contributed by atoms with Crippen LogP contribution in [0.3, 0.4) is 0 Å². The molecule has 0 spiro atoms. The number of amides is 1. The number of hydrogen-bond donors (Lipinski definition) is 1. The Bertz CT molecular complexity index is 765. The summed E-state index contributed by atoms with van der Waals surface area (Å²) in [6.45, 7) is 0. The number of carbonyl (C=O) groups excluding carboxylic acids is 1. The molecule has 0 aliphatic rings. The number of ether oxygens (including phenoxy) is 3. The van der Waals surface area contributed by atoms with Crippen LogP contribution >= 0.6 is 0 Å². The van der Waals surface area contributed by atoms with Crippen molar-refractivity contribution in [3.63, 3.8) is 0 Å². The summed E-state index contributed by atoms with van der Waals surface area (Å²) in [6, 6.07) is 7.93. The van der Waals surface area contributed by atoms with E-state index < -0.39 is 17.6 Å². The number of para-hydroxylation sites is 1. The van der Waals surface area contributed by atoms with E-state index in [-0.39, 0.29) is 12.1 Å². The van der Waals surface area contributed by atoms with Crippen LogP contribution in [-0.2, 0) is 17.4 Å². The molecule has 0 unspecified atom stereocenters. The van der Waals surface area contributed by atoms with Gasteiger partial charge in [-0.1, -0.05) is 12.1 Å². The summed E-state index contributed by atoms with van der Waals surface area (Å²) in [5, 5.41) is 2.30. The summed E-state index contributed by atoms with van der Waals surface area (Å²) >= 11 is 0. The number of rotatable bonds is 6. The zero-order valence-electron chi connectivity index (χ0n) is 14.4. The van der Waals surface area contributed by atoms with Crippen molar-refractivity contribution in [2.45, 2.75) is 12.6 Å². The number of alkyl halides is 3. The summed E-state index contributed by atoms with van der Waals surface area (Å²) < 4.78 is 54.6. The molecule has 0 aromatic heterocycles. The Balaban J connectivity index is 2.24. The van der Waals surface area contributed by atoms with Crippen LogP contribution in [0, 0.1) is 0 Å². The number of hydrogen-bond acceptors (Lipinski definition) is 4. The lowest BCUT2D eigenvalue weighted by molar-refractivity contribution is -0.137. The third kappa shape index (κ3) is 4.38. The van der Waals surface area contributed by atoms with Crippen LogP contribution in [0.25, 0.3) is 0 Å². The molecule has 2 rings (SSSR count). The largest absolute Gasteiger partial charge is 0.493 e. The fourth-order valence-corrected chi connectivity index (χ4v) is 2.46. The fourth-order valence-electron chi connectivity index (χ4n) is 2.46. The first-order chi connectivity index (χ1) is 12.3. The van der Waals surface area contributed by atoms with Gasteiger partial charge in [0.15, 0.2) is 11.5 Å². The van der Waals surface area contributed by atoms with Crippen molar-refractivity contribution in [1.82, 2.24) is 0 Å². The monoisotopic (exact) mass is 369 g/mol. The quantitative estimate of drug-likeness (QED) is 0.839. The van der Waals surface area contributed by atoms with Crippen molar-refractivity contribution in [2.75, 3.05) is 26.6 Å². The Labute approximate surface area is 148 Å². The predicted octanol–water partition coefficient (Wildman–Crippen LogP) is 3.91. The van der Waals surface area contributed by atoms with E-state index in [0.717, 1.165) is 6.07 Å². The molecule has 2 aromatic rings. The first kappa shape index (κ1) is 19.4. The van der Waals surface area contributed by atoms with Gasteiger partial charge >= 0.3 is 6.18 Å². The van der Waals surface area contributed by atoms with Gasteiger partial charge < -0.3 is 19.5 Å². The van der Waals surface area contributed by atoms with Gasteiger partial charge in [0.2, 0.25) is 11.7 Å². The topological polar surface area (TPSA) is 56.8 Å². The van der Waals surface area contributed by atoms with Crippen LogP contribution in [0.5, 0.6) is 17.2 Å². The molecule has 140 valence electrons. The molecule has 0 saturated carbocycles. The van der Waals surface area contributed by atoms with Gasteiger partial charge in [-0.3, -0.25) is 4.79 Å². The van der Waals surface area contributed by atoms with E-state index in [1.807, 2.05) is 0 Å². The number of carbonyl (C=O) groups is 1. The van der Waals surface area contributed by atoms with Gasteiger partial charge in [-0.05, 0) is 29.8 Å². The summed E-state index contributed by atoms with van der Waals surface area (Å²) in [5.74, 6) is 0.466. The molecule has 0 saturated heterocycles. The molecule has 2 aromatic carbocycles. The lowest BCUT2D eigenvalue weighted by Gasteiger charge is -2.15. The second-order valence-corrected chi connectivity index (χ2v) is 5.30. The number of methoxy groups -OCH3 is 3. The second kappa shape index (κ2) is 7.99. The van der Waals surface area contributed by atoms with Crippen molar-refractivity contribution >= 4 is 11.6 Å². The maximum absolute atomic E-state index is 13.0. The van der Waals surface area contributed by atoms with Crippen molar-refractivity contribution in [2.24, 2.45) is 0 Å². The molecule has 0 aliphatic carbocycles. The highest BCUT2D eigenvalue weighted by molar-refractivity contribution is 5.93. The Morgan fingerprint density at radius 1 is 1.00 bits per heavy atom. The van der Waals surface area contributed by atoms with Gasteiger partial charge in [0.1, 0.15) is 0 Å². The highest BCUT2D eigenvalue weighted by atomic mass is 19.4. The lowest BCUT2D eigenvalue weighted by Crippen LogP contribution is -2.18. The van der Waals surface area contributed by atoms with E-state index in [0.29, 0.717) is 22.8 Å². The molecular formula is C18H18F3NO4. The first-order valence-corrected chi connectivity index (χ1v) is 7.55. The summed E-state index contributed by atoms with van der Waals surface area (Å²) in [7, 11) is 4.31.